The molecule has 2 rings (SSSR count). The second-order valence-electron chi connectivity index (χ2n) is 5.90. The molecule has 1 aromatic carbocycles. The maximum absolute atomic E-state index is 12.7. The molecule has 4 nitrogen and oxygen atoms in total. The summed E-state index contributed by atoms with van der Waals surface area (Å²) in [6.45, 7) is 9.51. The van der Waals surface area contributed by atoms with Crippen molar-refractivity contribution in [3.63, 3.8) is 0 Å². The van der Waals surface area contributed by atoms with Gasteiger partial charge in [-0.1, -0.05) is 18.2 Å². The molecule has 0 atom stereocenters. The van der Waals surface area contributed by atoms with Crippen molar-refractivity contribution in [1.82, 2.24) is 9.80 Å². The van der Waals surface area contributed by atoms with Gasteiger partial charge in [-0.15, -0.1) is 0 Å². The van der Waals surface area contributed by atoms with E-state index in [2.05, 4.69) is 4.90 Å². The molecule has 4 heteroatoms. The van der Waals surface area contributed by atoms with Gasteiger partial charge >= 0.3 is 0 Å². The van der Waals surface area contributed by atoms with Crippen LogP contribution in [0.15, 0.2) is 18.2 Å². The highest BCUT2D eigenvalue weighted by atomic mass is 16.2. The zero-order valence-electron chi connectivity index (χ0n) is 13.3. The van der Waals surface area contributed by atoms with Crippen molar-refractivity contribution in [2.75, 3.05) is 39.3 Å². The van der Waals surface area contributed by atoms with E-state index < -0.39 is 0 Å². The molecular weight excluding hydrogens is 262 g/mol. The summed E-state index contributed by atoms with van der Waals surface area (Å²) in [5.41, 5.74) is 8.56. The topological polar surface area (TPSA) is 49.6 Å². The van der Waals surface area contributed by atoms with Gasteiger partial charge in [0.2, 0.25) is 0 Å². The van der Waals surface area contributed by atoms with Crippen molar-refractivity contribution < 1.29 is 4.79 Å². The molecule has 1 fully saturated rings. The van der Waals surface area contributed by atoms with Crippen LogP contribution < -0.4 is 5.73 Å². The predicted molar refractivity (Wildman–Crippen MR) is 86.5 cm³/mol. The molecule has 0 aliphatic carbocycles. The summed E-state index contributed by atoms with van der Waals surface area (Å²) in [6.07, 6.45) is 2.24. The van der Waals surface area contributed by atoms with Crippen LogP contribution in [0.3, 0.4) is 0 Å². The number of benzene rings is 1. The van der Waals surface area contributed by atoms with Gasteiger partial charge in [-0.3, -0.25) is 9.69 Å². The van der Waals surface area contributed by atoms with Crippen molar-refractivity contribution in [3.05, 3.63) is 34.9 Å². The molecule has 0 unspecified atom stereocenters. The van der Waals surface area contributed by atoms with E-state index in [4.69, 9.17) is 5.73 Å². The first-order valence-corrected chi connectivity index (χ1v) is 7.91. The maximum atomic E-state index is 12.7. The Morgan fingerprint density at radius 3 is 2.29 bits per heavy atom. The summed E-state index contributed by atoms with van der Waals surface area (Å²) in [5, 5.41) is 0. The van der Waals surface area contributed by atoms with E-state index in [1.807, 2.05) is 36.9 Å². The number of nitrogens with zero attached hydrogens (tertiary/aromatic N) is 2. The molecule has 1 saturated heterocycles. The lowest BCUT2D eigenvalue weighted by Gasteiger charge is -2.35. The minimum Gasteiger partial charge on any atom is -0.336 e. The minimum absolute atomic E-state index is 0.187. The Hall–Kier alpha value is -1.39. The molecule has 0 saturated carbocycles. The number of unbranched alkanes of at least 4 members (excludes halogenated alkanes) is 1. The highest BCUT2D eigenvalue weighted by molar-refractivity contribution is 5.97. The summed E-state index contributed by atoms with van der Waals surface area (Å²) >= 11 is 0. The van der Waals surface area contributed by atoms with Crippen molar-refractivity contribution in [2.45, 2.75) is 26.7 Å². The van der Waals surface area contributed by atoms with Crippen molar-refractivity contribution in [2.24, 2.45) is 5.73 Å². The van der Waals surface area contributed by atoms with E-state index in [1.54, 1.807) is 0 Å². The molecule has 2 N–H and O–H groups in total. The fourth-order valence-corrected chi connectivity index (χ4v) is 2.96. The maximum Gasteiger partial charge on any atom is 0.254 e. The average Bonchev–Trinajstić information content (AvgIpc) is 2.48. The van der Waals surface area contributed by atoms with Crippen molar-refractivity contribution >= 4 is 5.91 Å². The van der Waals surface area contributed by atoms with Gasteiger partial charge in [0, 0.05) is 31.7 Å². The summed E-state index contributed by atoms with van der Waals surface area (Å²) < 4.78 is 0. The first-order valence-electron chi connectivity index (χ1n) is 7.91. The normalized spacial score (nSPS) is 16.2. The molecule has 0 aromatic heterocycles. The summed E-state index contributed by atoms with van der Waals surface area (Å²) in [5.74, 6) is 0.187. The van der Waals surface area contributed by atoms with Gasteiger partial charge in [-0.05, 0) is 50.9 Å². The van der Waals surface area contributed by atoms with Gasteiger partial charge < -0.3 is 10.6 Å². The van der Waals surface area contributed by atoms with Gasteiger partial charge in [-0.2, -0.15) is 0 Å². The number of rotatable bonds is 5. The predicted octanol–water partition coefficient (Wildman–Crippen LogP) is 1.80. The lowest BCUT2D eigenvalue weighted by atomic mass is 10.0. The first-order chi connectivity index (χ1) is 10.1. The van der Waals surface area contributed by atoms with Crippen LogP contribution in [0.25, 0.3) is 0 Å². The van der Waals surface area contributed by atoms with E-state index in [1.165, 1.54) is 0 Å². The van der Waals surface area contributed by atoms with E-state index >= 15 is 0 Å². The first kappa shape index (κ1) is 16.0. The third-order valence-electron chi connectivity index (χ3n) is 4.28. The monoisotopic (exact) mass is 289 g/mol. The van der Waals surface area contributed by atoms with E-state index in [-0.39, 0.29) is 5.91 Å². The fourth-order valence-electron chi connectivity index (χ4n) is 2.96. The lowest BCUT2D eigenvalue weighted by Crippen LogP contribution is -2.49. The van der Waals surface area contributed by atoms with Crippen LogP contribution in [0, 0.1) is 13.8 Å². The molecule has 0 spiro atoms. The van der Waals surface area contributed by atoms with Gasteiger partial charge in [-0.25, -0.2) is 0 Å². The molecular formula is C17H27N3O. The second kappa shape index (κ2) is 7.57. The lowest BCUT2D eigenvalue weighted by molar-refractivity contribution is 0.0634. The number of nitrogens with two attached hydrogens (primary N) is 1. The van der Waals surface area contributed by atoms with Crippen LogP contribution >= 0.6 is 0 Å². The highest BCUT2D eigenvalue weighted by Gasteiger charge is 2.23. The van der Waals surface area contributed by atoms with Crippen LogP contribution in [-0.4, -0.2) is 55.0 Å². The van der Waals surface area contributed by atoms with Crippen LogP contribution in [0.4, 0.5) is 0 Å². The fraction of sp³-hybridized carbons (Fsp3) is 0.588. The largest absolute Gasteiger partial charge is 0.336 e. The Kier molecular flexibility index (Phi) is 5.76. The van der Waals surface area contributed by atoms with Gasteiger partial charge in [0.15, 0.2) is 0 Å². The Labute approximate surface area is 127 Å². The molecule has 21 heavy (non-hydrogen) atoms. The Morgan fingerprint density at radius 2 is 1.71 bits per heavy atom. The molecule has 1 aliphatic heterocycles. The third-order valence-corrected chi connectivity index (χ3v) is 4.28. The van der Waals surface area contributed by atoms with E-state index in [0.717, 1.165) is 68.8 Å². The number of amides is 1. The summed E-state index contributed by atoms with van der Waals surface area (Å²) in [7, 11) is 0. The summed E-state index contributed by atoms with van der Waals surface area (Å²) in [6, 6.07) is 6.05. The Bertz CT molecular complexity index is 459. The van der Waals surface area contributed by atoms with Gasteiger partial charge in [0.05, 0.1) is 0 Å². The van der Waals surface area contributed by atoms with Gasteiger partial charge in [0.1, 0.15) is 0 Å². The molecule has 0 bridgehead atoms. The molecule has 1 aromatic rings. The highest BCUT2D eigenvalue weighted by Crippen LogP contribution is 2.17. The van der Waals surface area contributed by atoms with Crippen LogP contribution in [0.1, 0.15) is 34.3 Å². The zero-order valence-corrected chi connectivity index (χ0v) is 13.3. The number of hydrogen-bond acceptors (Lipinski definition) is 3. The number of carbonyl (C=O) groups is 1. The van der Waals surface area contributed by atoms with E-state index in [0.29, 0.717) is 0 Å². The van der Waals surface area contributed by atoms with Gasteiger partial charge in [0.25, 0.3) is 5.91 Å². The smallest absolute Gasteiger partial charge is 0.254 e. The SMILES string of the molecule is Cc1cccc(C)c1C(=O)N1CCN(CCCCN)CC1. The second-order valence-corrected chi connectivity index (χ2v) is 5.90. The molecule has 1 heterocycles. The standard InChI is InChI=1S/C17H27N3O/c1-14-6-5-7-15(2)16(14)17(21)20-12-10-19(11-13-20)9-4-3-8-18/h5-7H,3-4,8-13,18H2,1-2H3. The Balaban J connectivity index is 1.91. The van der Waals surface area contributed by atoms with Crippen molar-refractivity contribution in [1.29, 1.82) is 0 Å². The quantitative estimate of drug-likeness (QED) is 0.841. The minimum atomic E-state index is 0.187. The van der Waals surface area contributed by atoms with Crippen LogP contribution in [0.5, 0.6) is 0 Å². The Morgan fingerprint density at radius 1 is 1.10 bits per heavy atom. The third kappa shape index (κ3) is 4.05. The van der Waals surface area contributed by atoms with Crippen LogP contribution in [-0.2, 0) is 0 Å². The van der Waals surface area contributed by atoms with Crippen LogP contribution in [0.2, 0.25) is 0 Å². The van der Waals surface area contributed by atoms with E-state index in [9.17, 15) is 4.79 Å². The average molecular weight is 289 g/mol. The number of piperazine rings is 1. The number of hydrogen-bond donors (Lipinski definition) is 1. The molecule has 1 aliphatic rings. The number of aryl methyl sites for hydroxylation is 2. The molecule has 1 amide bonds. The number of carbonyl (C=O) groups excluding carboxylic acids is 1. The summed E-state index contributed by atoms with van der Waals surface area (Å²) in [4.78, 5) is 17.1. The zero-order chi connectivity index (χ0) is 15.2. The molecule has 0 radical (unpaired) electrons. The van der Waals surface area contributed by atoms with Crippen molar-refractivity contribution in [3.8, 4) is 0 Å². The molecule has 116 valence electrons.